The van der Waals surface area contributed by atoms with Gasteiger partial charge in [-0.1, -0.05) is 38.1 Å². The van der Waals surface area contributed by atoms with Gasteiger partial charge >= 0.3 is 0 Å². The highest BCUT2D eigenvalue weighted by Crippen LogP contribution is 2.37. The molecule has 19 heavy (non-hydrogen) atoms. The van der Waals surface area contributed by atoms with E-state index in [1.807, 2.05) is 0 Å². The van der Waals surface area contributed by atoms with Gasteiger partial charge in [0.1, 0.15) is 0 Å². The van der Waals surface area contributed by atoms with Crippen LogP contribution in [0.2, 0.25) is 0 Å². The Bertz CT molecular complexity index is 409. The van der Waals surface area contributed by atoms with Gasteiger partial charge in [-0.15, -0.1) is 0 Å². The van der Waals surface area contributed by atoms with Crippen molar-refractivity contribution in [2.24, 2.45) is 11.1 Å². The van der Waals surface area contributed by atoms with Crippen LogP contribution in [-0.2, 0) is 0 Å². The third-order valence-corrected chi connectivity index (χ3v) is 5.06. The van der Waals surface area contributed by atoms with Crippen LogP contribution in [0, 0.1) is 12.3 Å². The standard InChI is InChI=1S/C17H28N2/c1-4-17(5-2)10-11-19(13-17)12-16(18)15-9-7-6-8-14(15)3/h6-9,16H,4-5,10-13,18H2,1-3H3. The van der Waals surface area contributed by atoms with Crippen LogP contribution in [0.4, 0.5) is 0 Å². The Hall–Kier alpha value is -0.860. The Balaban J connectivity index is 1.98. The fourth-order valence-electron chi connectivity index (χ4n) is 3.39. The first-order chi connectivity index (χ1) is 9.10. The quantitative estimate of drug-likeness (QED) is 0.878. The normalized spacial score (nSPS) is 20.6. The summed E-state index contributed by atoms with van der Waals surface area (Å²) in [6.45, 7) is 10.2. The maximum atomic E-state index is 6.41. The summed E-state index contributed by atoms with van der Waals surface area (Å²) in [4.78, 5) is 2.56. The molecule has 0 aromatic heterocycles. The highest BCUT2D eigenvalue weighted by atomic mass is 15.2. The third-order valence-electron chi connectivity index (χ3n) is 5.06. The van der Waals surface area contributed by atoms with Crippen molar-refractivity contribution in [3.8, 4) is 0 Å². The lowest BCUT2D eigenvalue weighted by molar-refractivity contribution is 0.233. The molecule has 0 radical (unpaired) electrons. The number of hydrogen-bond acceptors (Lipinski definition) is 2. The van der Waals surface area contributed by atoms with Gasteiger partial charge in [0.2, 0.25) is 0 Å². The molecule has 1 heterocycles. The molecule has 0 amide bonds. The summed E-state index contributed by atoms with van der Waals surface area (Å²) in [7, 11) is 0. The van der Waals surface area contributed by atoms with Crippen molar-refractivity contribution in [2.45, 2.75) is 46.1 Å². The molecule has 0 bridgehead atoms. The van der Waals surface area contributed by atoms with Crippen LogP contribution in [0.5, 0.6) is 0 Å². The summed E-state index contributed by atoms with van der Waals surface area (Å²) in [5, 5.41) is 0. The molecular formula is C17H28N2. The number of nitrogens with zero attached hydrogens (tertiary/aromatic N) is 1. The van der Waals surface area contributed by atoms with E-state index in [9.17, 15) is 0 Å². The SMILES string of the molecule is CCC1(CC)CCN(CC(N)c2ccccc2C)C1. The molecule has 0 spiro atoms. The first kappa shape index (κ1) is 14.5. The van der Waals surface area contributed by atoms with Crippen molar-refractivity contribution in [1.29, 1.82) is 0 Å². The second-order valence-electron chi connectivity index (χ2n) is 6.16. The van der Waals surface area contributed by atoms with Crippen molar-refractivity contribution in [3.05, 3.63) is 35.4 Å². The van der Waals surface area contributed by atoms with Gasteiger partial charge in [-0.2, -0.15) is 0 Å². The van der Waals surface area contributed by atoms with E-state index in [1.165, 1.54) is 43.5 Å². The van der Waals surface area contributed by atoms with Crippen molar-refractivity contribution in [2.75, 3.05) is 19.6 Å². The molecule has 2 rings (SSSR count). The molecule has 1 fully saturated rings. The highest BCUT2D eigenvalue weighted by Gasteiger charge is 2.35. The Kier molecular flexibility index (Phi) is 4.64. The molecule has 1 aliphatic rings. The Morgan fingerprint density at radius 2 is 1.95 bits per heavy atom. The van der Waals surface area contributed by atoms with Gasteiger partial charge in [-0.25, -0.2) is 0 Å². The van der Waals surface area contributed by atoms with Crippen molar-refractivity contribution >= 4 is 0 Å². The van der Waals surface area contributed by atoms with Crippen LogP contribution in [0.25, 0.3) is 0 Å². The first-order valence-electron chi connectivity index (χ1n) is 7.63. The predicted molar refractivity (Wildman–Crippen MR) is 82.2 cm³/mol. The molecule has 1 aromatic rings. The first-order valence-corrected chi connectivity index (χ1v) is 7.63. The summed E-state index contributed by atoms with van der Waals surface area (Å²) in [5.74, 6) is 0. The van der Waals surface area contributed by atoms with E-state index >= 15 is 0 Å². The lowest BCUT2D eigenvalue weighted by atomic mass is 9.82. The molecule has 1 aromatic carbocycles. The van der Waals surface area contributed by atoms with E-state index in [1.54, 1.807) is 0 Å². The molecule has 106 valence electrons. The smallest absolute Gasteiger partial charge is 0.0426 e. The topological polar surface area (TPSA) is 29.3 Å². The molecule has 1 aliphatic heterocycles. The van der Waals surface area contributed by atoms with Crippen LogP contribution >= 0.6 is 0 Å². The summed E-state index contributed by atoms with van der Waals surface area (Å²) in [6.07, 6.45) is 3.92. The number of nitrogens with two attached hydrogens (primary N) is 1. The molecule has 2 heteroatoms. The van der Waals surface area contributed by atoms with E-state index < -0.39 is 0 Å². The molecule has 2 N–H and O–H groups in total. The average Bonchev–Trinajstić information content (AvgIpc) is 2.83. The molecule has 0 saturated carbocycles. The van der Waals surface area contributed by atoms with Crippen LogP contribution in [0.1, 0.15) is 50.3 Å². The van der Waals surface area contributed by atoms with E-state index in [-0.39, 0.29) is 6.04 Å². The number of likely N-dealkylation sites (tertiary alicyclic amines) is 1. The van der Waals surface area contributed by atoms with E-state index in [0.717, 1.165) is 6.54 Å². The molecule has 2 nitrogen and oxygen atoms in total. The van der Waals surface area contributed by atoms with E-state index in [2.05, 4.69) is 49.9 Å². The average molecular weight is 260 g/mol. The second-order valence-corrected chi connectivity index (χ2v) is 6.16. The van der Waals surface area contributed by atoms with Gasteiger partial charge in [0.05, 0.1) is 0 Å². The van der Waals surface area contributed by atoms with Crippen molar-refractivity contribution < 1.29 is 0 Å². The number of aryl methyl sites for hydroxylation is 1. The van der Waals surface area contributed by atoms with E-state index in [4.69, 9.17) is 5.73 Å². The monoisotopic (exact) mass is 260 g/mol. The maximum absolute atomic E-state index is 6.41. The van der Waals surface area contributed by atoms with Gasteiger partial charge in [-0.05, 0) is 49.3 Å². The number of hydrogen-bond donors (Lipinski definition) is 1. The zero-order chi connectivity index (χ0) is 13.9. The van der Waals surface area contributed by atoms with E-state index in [0.29, 0.717) is 5.41 Å². The lowest BCUT2D eigenvalue weighted by Crippen LogP contribution is -2.33. The summed E-state index contributed by atoms with van der Waals surface area (Å²) >= 11 is 0. The zero-order valence-electron chi connectivity index (χ0n) is 12.7. The minimum Gasteiger partial charge on any atom is -0.323 e. The largest absolute Gasteiger partial charge is 0.323 e. The minimum absolute atomic E-state index is 0.144. The Labute approximate surface area is 118 Å². The van der Waals surface area contributed by atoms with Gasteiger partial charge in [-0.3, -0.25) is 0 Å². The highest BCUT2D eigenvalue weighted by molar-refractivity contribution is 5.28. The van der Waals surface area contributed by atoms with Gasteiger partial charge in [0.15, 0.2) is 0 Å². The fourth-order valence-corrected chi connectivity index (χ4v) is 3.39. The summed E-state index contributed by atoms with van der Waals surface area (Å²) in [5.41, 5.74) is 9.56. The molecule has 0 aliphatic carbocycles. The van der Waals surface area contributed by atoms with Crippen molar-refractivity contribution in [3.63, 3.8) is 0 Å². The number of benzene rings is 1. The maximum Gasteiger partial charge on any atom is 0.0426 e. The molecular weight excluding hydrogens is 232 g/mol. The third kappa shape index (κ3) is 3.18. The van der Waals surface area contributed by atoms with Gasteiger partial charge < -0.3 is 10.6 Å². The predicted octanol–water partition coefficient (Wildman–Crippen LogP) is 3.51. The molecule has 1 atom stereocenters. The Morgan fingerprint density at radius 3 is 2.53 bits per heavy atom. The molecule has 1 unspecified atom stereocenters. The fraction of sp³-hybridized carbons (Fsp3) is 0.647. The summed E-state index contributed by atoms with van der Waals surface area (Å²) in [6, 6.07) is 8.64. The minimum atomic E-state index is 0.144. The zero-order valence-corrected chi connectivity index (χ0v) is 12.7. The second kappa shape index (κ2) is 6.06. The van der Waals surface area contributed by atoms with Gasteiger partial charge in [0.25, 0.3) is 0 Å². The van der Waals surface area contributed by atoms with Crippen LogP contribution in [0.15, 0.2) is 24.3 Å². The Morgan fingerprint density at radius 1 is 1.26 bits per heavy atom. The van der Waals surface area contributed by atoms with Crippen LogP contribution < -0.4 is 5.73 Å². The lowest BCUT2D eigenvalue weighted by Gasteiger charge is -2.28. The van der Waals surface area contributed by atoms with Crippen LogP contribution in [-0.4, -0.2) is 24.5 Å². The summed E-state index contributed by atoms with van der Waals surface area (Å²) < 4.78 is 0. The molecule has 1 saturated heterocycles. The number of rotatable bonds is 5. The van der Waals surface area contributed by atoms with Gasteiger partial charge in [0, 0.05) is 19.1 Å². The van der Waals surface area contributed by atoms with Crippen LogP contribution in [0.3, 0.4) is 0 Å². The van der Waals surface area contributed by atoms with Crippen molar-refractivity contribution in [1.82, 2.24) is 4.90 Å².